The molecule has 0 atom stereocenters. The van der Waals surface area contributed by atoms with Crippen LogP contribution >= 0.6 is 0 Å². The average molecular weight is 618 g/mol. The summed E-state index contributed by atoms with van der Waals surface area (Å²) >= 11 is 0. The van der Waals surface area contributed by atoms with Crippen molar-refractivity contribution in [3.63, 3.8) is 0 Å². The van der Waals surface area contributed by atoms with Crippen molar-refractivity contribution in [1.29, 1.82) is 0 Å². The second-order valence-electron chi connectivity index (χ2n) is 9.94. The first-order valence-electron chi connectivity index (χ1n) is 13.0. The molecule has 1 fully saturated rings. The van der Waals surface area contributed by atoms with Crippen LogP contribution < -0.4 is 10.6 Å². The van der Waals surface area contributed by atoms with E-state index in [2.05, 4.69) is 40.7 Å². The predicted molar refractivity (Wildman–Crippen MR) is 147 cm³/mol. The van der Waals surface area contributed by atoms with E-state index in [0.29, 0.717) is 43.3 Å². The number of aryl methyl sites for hydroxylation is 1. The maximum Gasteiger partial charge on any atom is 0.419 e. The van der Waals surface area contributed by atoms with Crippen LogP contribution in [0.15, 0.2) is 54.2 Å². The molecule has 226 valence electrons. The number of nitrogens with one attached hydrogen (secondary N) is 2. The number of aromatic nitrogens is 7. The molecule has 0 spiro atoms. The highest BCUT2D eigenvalue weighted by atomic mass is 32.2. The maximum atomic E-state index is 13.7. The second-order valence-corrected chi connectivity index (χ2v) is 12.0. The predicted octanol–water partition coefficient (Wildman–Crippen LogP) is 4.12. The average Bonchev–Trinajstić information content (AvgIpc) is 3.39. The highest BCUT2D eigenvalue weighted by molar-refractivity contribution is 7.90. The van der Waals surface area contributed by atoms with Crippen molar-refractivity contribution in [2.45, 2.75) is 48.9 Å². The highest BCUT2D eigenvalue weighted by Crippen LogP contribution is 2.36. The van der Waals surface area contributed by atoms with Gasteiger partial charge in [0.15, 0.2) is 15.7 Å². The van der Waals surface area contributed by atoms with Crippen molar-refractivity contribution in [2.24, 2.45) is 7.05 Å². The number of hydrogen-bond acceptors (Lipinski definition) is 11. The number of amides is 1. The smallest absolute Gasteiger partial charge is 0.419 e. The van der Waals surface area contributed by atoms with Crippen LogP contribution in [0.25, 0.3) is 22.6 Å². The minimum atomic E-state index is -4.78. The van der Waals surface area contributed by atoms with E-state index in [1.165, 1.54) is 12.4 Å². The molecule has 13 nitrogen and oxygen atoms in total. The zero-order chi connectivity index (χ0) is 30.8. The first-order chi connectivity index (χ1) is 20.3. The zero-order valence-corrected chi connectivity index (χ0v) is 23.7. The van der Waals surface area contributed by atoms with Gasteiger partial charge in [0.25, 0.3) is 0 Å². The summed E-state index contributed by atoms with van der Waals surface area (Å²) in [5.74, 6) is 0.162. The van der Waals surface area contributed by atoms with Crippen molar-refractivity contribution in [3.8, 4) is 22.6 Å². The number of anilines is 2. The van der Waals surface area contributed by atoms with Gasteiger partial charge in [-0.3, -0.25) is 15.0 Å². The monoisotopic (exact) mass is 617 g/mol. The molecule has 4 heterocycles. The van der Waals surface area contributed by atoms with Crippen molar-refractivity contribution in [1.82, 2.24) is 34.7 Å². The maximum absolute atomic E-state index is 13.7. The van der Waals surface area contributed by atoms with Gasteiger partial charge in [0.05, 0.1) is 23.0 Å². The first-order valence-corrected chi connectivity index (χ1v) is 14.9. The fourth-order valence-corrected chi connectivity index (χ4v) is 5.09. The van der Waals surface area contributed by atoms with Gasteiger partial charge in [0.1, 0.15) is 23.1 Å². The van der Waals surface area contributed by atoms with Crippen LogP contribution in [0, 0.1) is 0 Å². The van der Waals surface area contributed by atoms with E-state index < -0.39 is 33.4 Å². The SMILES string of the molecule is Cn1ccc(-c2cnc(NC(=O)O[C@H]3CC[C@H](Nc4ncc(C(F)(F)F)c(-c5cncc(S(C)(=O)=O)c5)n4)CC3)cn2)n1. The van der Waals surface area contributed by atoms with Crippen molar-refractivity contribution >= 4 is 27.7 Å². The summed E-state index contributed by atoms with van der Waals surface area (Å²) in [7, 11) is -1.93. The largest absolute Gasteiger partial charge is 0.446 e. The Morgan fingerprint density at radius 1 is 1.02 bits per heavy atom. The fourth-order valence-electron chi connectivity index (χ4n) is 4.50. The molecule has 5 rings (SSSR count). The van der Waals surface area contributed by atoms with E-state index in [-0.39, 0.29) is 34.4 Å². The number of ether oxygens (including phenoxy) is 1. The molecule has 0 aliphatic heterocycles. The summed E-state index contributed by atoms with van der Waals surface area (Å²) in [5.41, 5.74) is -0.531. The minimum Gasteiger partial charge on any atom is -0.446 e. The molecular formula is C26H26F3N9O4S. The Hall–Kier alpha value is -4.67. The van der Waals surface area contributed by atoms with Gasteiger partial charge >= 0.3 is 12.3 Å². The quantitative estimate of drug-likeness (QED) is 0.306. The van der Waals surface area contributed by atoms with Crippen molar-refractivity contribution < 1.29 is 31.1 Å². The van der Waals surface area contributed by atoms with Crippen molar-refractivity contribution in [2.75, 3.05) is 16.9 Å². The molecule has 1 aliphatic rings. The molecule has 0 aromatic carbocycles. The summed E-state index contributed by atoms with van der Waals surface area (Å²) in [5, 5.41) is 9.83. The number of rotatable bonds is 7. The third kappa shape index (κ3) is 7.40. The van der Waals surface area contributed by atoms with Crippen molar-refractivity contribution in [3.05, 3.63) is 54.9 Å². The third-order valence-electron chi connectivity index (χ3n) is 6.65. The minimum absolute atomic E-state index is 0.0532. The number of hydrogen-bond donors (Lipinski definition) is 2. The number of nitrogens with zero attached hydrogens (tertiary/aromatic N) is 7. The number of carbonyl (C=O) groups is 1. The van der Waals surface area contributed by atoms with Crippen LogP contribution in [0.4, 0.5) is 29.7 Å². The lowest BCUT2D eigenvalue weighted by Gasteiger charge is -2.29. The van der Waals surface area contributed by atoms with Gasteiger partial charge in [-0.15, -0.1) is 0 Å². The van der Waals surface area contributed by atoms with Gasteiger partial charge in [-0.2, -0.15) is 18.3 Å². The molecule has 0 saturated heterocycles. The Labute approximate surface area is 243 Å². The van der Waals surface area contributed by atoms with Crippen LogP contribution in [0.5, 0.6) is 0 Å². The summed E-state index contributed by atoms with van der Waals surface area (Å²) in [6.07, 6.45) is 4.62. The first kappa shape index (κ1) is 29.8. The Bertz CT molecular complexity index is 1720. The number of carbonyl (C=O) groups excluding carboxylic acids is 1. The van der Waals surface area contributed by atoms with E-state index >= 15 is 0 Å². The Morgan fingerprint density at radius 2 is 1.79 bits per heavy atom. The number of halogens is 3. The molecule has 4 aromatic rings. The molecule has 17 heteroatoms. The molecule has 1 amide bonds. The van der Waals surface area contributed by atoms with E-state index in [1.54, 1.807) is 24.0 Å². The van der Waals surface area contributed by atoms with E-state index in [9.17, 15) is 26.4 Å². The topological polar surface area (TPSA) is 167 Å². The highest BCUT2D eigenvalue weighted by Gasteiger charge is 2.36. The summed E-state index contributed by atoms with van der Waals surface area (Å²) in [6, 6.07) is 2.69. The lowest BCUT2D eigenvalue weighted by atomic mass is 9.93. The molecule has 4 aromatic heterocycles. The molecule has 1 saturated carbocycles. The van der Waals surface area contributed by atoms with Gasteiger partial charge in [0.2, 0.25) is 5.95 Å². The number of alkyl halides is 3. The van der Waals surface area contributed by atoms with Gasteiger partial charge < -0.3 is 10.1 Å². The Morgan fingerprint density at radius 3 is 2.42 bits per heavy atom. The normalized spacial score (nSPS) is 17.3. The van der Waals surface area contributed by atoms with Crippen LogP contribution in [-0.2, 0) is 27.8 Å². The molecule has 0 radical (unpaired) electrons. The van der Waals surface area contributed by atoms with Gasteiger partial charge in [-0.1, -0.05) is 0 Å². The Kier molecular flexibility index (Phi) is 8.25. The van der Waals surface area contributed by atoms with E-state index in [1.807, 2.05) is 0 Å². The molecule has 43 heavy (non-hydrogen) atoms. The fraction of sp³-hybridized carbons (Fsp3) is 0.346. The molecule has 1 aliphatic carbocycles. The van der Waals surface area contributed by atoms with E-state index in [0.717, 1.165) is 24.7 Å². The lowest BCUT2D eigenvalue weighted by Crippen LogP contribution is -2.32. The van der Waals surface area contributed by atoms with Gasteiger partial charge in [-0.05, 0) is 37.8 Å². The summed E-state index contributed by atoms with van der Waals surface area (Å²) < 4.78 is 72.2. The molecule has 0 unspecified atom stereocenters. The van der Waals surface area contributed by atoms with Gasteiger partial charge in [0, 0.05) is 49.7 Å². The lowest BCUT2D eigenvalue weighted by molar-refractivity contribution is -0.137. The molecule has 0 bridgehead atoms. The number of sulfone groups is 1. The van der Waals surface area contributed by atoms with Crippen LogP contribution in [0.1, 0.15) is 31.2 Å². The standard InChI is InChI=1S/C26H26F3N9O4S/c1-38-8-7-20(37-38)21-13-32-22(14-31-21)35-25(39)42-17-5-3-16(4-6-17)34-24-33-12-19(26(27,28)29)23(36-24)15-9-18(11-30-10-15)43(2,40)41/h7-14,16-17H,3-6H2,1-2H3,(H,32,35,39)(H,33,34,36)/t16-,17-. The van der Waals surface area contributed by atoms with Crippen LogP contribution in [0.2, 0.25) is 0 Å². The second kappa shape index (κ2) is 11.9. The molecule has 2 N–H and O–H groups in total. The number of pyridine rings is 1. The third-order valence-corrected chi connectivity index (χ3v) is 7.73. The van der Waals surface area contributed by atoms with Crippen LogP contribution in [-0.4, -0.2) is 67.6 Å². The zero-order valence-electron chi connectivity index (χ0n) is 22.9. The Balaban J connectivity index is 1.18. The molecular weight excluding hydrogens is 591 g/mol. The summed E-state index contributed by atoms with van der Waals surface area (Å²) in [4.78, 5) is 32.3. The van der Waals surface area contributed by atoms with Gasteiger partial charge in [-0.25, -0.2) is 33.1 Å². The summed E-state index contributed by atoms with van der Waals surface area (Å²) in [6.45, 7) is 0. The van der Waals surface area contributed by atoms with Crippen LogP contribution in [0.3, 0.4) is 0 Å². The van der Waals surface area contributed by atoms with E-state index in [4.69, 9.17) is 4.74 Å².